The summed E-state index contributed by atoms with van der Waals surface area (Å²) in [7, 11) is 0. The van der Waals surface area contributed by atoms with Gasteiger partial charge in [0.2, 0.25) is 5.89 Å². The third-order valence-corrected chi connectivity index (χ3v) is 7.66. The molecular formula is C15H25N3OS2. The van der Waals surface area contributed by atoms with Crippen LogP contribution in [0.1, 0.15) is 49.6 Å². The van der Waals surface area contributed by atoms with E-state index in [0.29, 0.717) is 10.5 Å². The fourth-order valence-electron chi connectivity index (χ4n) is 3.13. The molecule has 2 atom stereocenters. The minimum atomic E-state index is 0.421. The highest BCUT2D eigenvalue weighted by Gasteiger charge is 2.30. The minimum absolute atomic E-state index is 0.421. The molecule has 2 aliphatic heterocycles. The fourth-order valence-corrected chi connectivity index (χ4v) is 6.11. The topological polar surface area (TPSA) is 51.0 Å². The fraction of sp³-hybridized carbons (Fsp3) is 0.867. The van der Waals surface area contributed by atoms with Crippen LogP contribution in [-0.4, -0.2) is 40.0 Å². The van der Waals surface area contributed by atoms with Crippen LogP contribution in [0.5, 0.6) is 0 Å². The smallest absolute Gasteiger partial charge is 0.226 e. The summed E-state index contributed by atoms with van der Waals surface area (Å²) in [4.78, 5) is 4.69. The van der Waals surface area contributed by atoms with E-state index in [1.54, 1.807) is 0 Å². The average Bonchev–Trinajstić information content (AvgIpc) is 3.02. The van der Waals surface area contributed by atoms with Gasteiger partial charge in [-0.1, -0.05) is 12.1 Å². The SMILES string of the molecule is CCC1SCCSC1c1noc(CCC2CCNCC2)n1. The Hall–Kier alpha value is -0.200. The highest BCUT2D eigenvalue weighted by molar-refractivity contribution is 8.06. The quantitative estimate of drug-likeness (QED) is 0.895. The highest BCUT2D eigenvalue weighted by Crippen LogP contribution is 2.42. The number of nitrogens with one attached hydrogen (secondary N) is 1. The predicted octanol–water partition coefficient (Wildman–Crippen LogP) is 3.30. The number of hydrogen-bond acceptors (Lipinski definition) is 6. The van der Waals surface area contributed by atoms with Gasteiger partial charge in [-0.15, -0.1) is 11.8 Å². The van der Waals surface area contributed by atoms with E-state index in [1.807, 2.05) is 11.8 Å². The molecule has 0 radical (unpaired) electrons. The zero-order chi connectivity index (χ0) is 14.5. The Morgan fingerprint density at radius 1 is 1.24 bits per heavy atom. The summed E-state index contributed by atoms with van der Waals surface area (Å²) in [6, 6.07) is 0. The minimum Gasteiger partial charge on any atom is -0.339 e. The number of rotatable bonds is 5. The van der Waals surface area contributed by atoms with Gasteiger partial charge in [0.15, 0.2) is 5.82 Å². The zero-order valence-corrected chi connectivity index (χ0v) is 14.3. The molecule has 3 rings (SSSR count). The van der Waals surface area contributed by atoms with Crippen molar-refractivity contribution in [2.24, 2.45) is 5.92 Å². The molecule has 1 aromatic rings. The lowest BCUT2D eigenvalue weighted by Crippen LogP contribution is -2.27. The van der Waals surface area contributed by atoms with E-state index in [9.17, 15) is 0 Å². The van der Waals surface area contributed by atoms with E-state index in [1.165, 1.54) is 37.2 Å². The number of aromatic nitrogens is 2. The summed E-state index contributed by atoms with van der Waals surface area (Å²) in [6.07, 6.45) is 5.88. The van der Waals surface area contributed by atoms with E-state index in [0.717, 1.165) is 37.1 Å². The van der Waals surface area contributed by atoms with Crippen molar-refractivity contribution in [2.45, 2.75) is 49.5 Å². The molecule has 0 spiro atoms. The second-order valence-corrected chi connectivity index (χ2v) is 8.48. The van der Waals surface area contributed by atoms with Gasteiger partial charge in [-0.2, -0.15) is 16.7 Å². The van der Waals surface area contributed by atoms with Crippen LogP contribution < -0.4 is 5.32 Å². The van der Waals surface area contributed by atoms with Crippen molar-refractivity contribution in [1.29, 1.82) is 0 Å². The van der Waals surface area contributed by atoms with Crippen molar-refractivity contribution in [3.05, 3.63) is 11.7 Å². The molecule has 0 aliphatic carbocycles. The van der Waals surface area contributed by atoms with Gasteiger partial charge >= 0.3 is 0 Å². The maximum atomic E-state index is 5.50. The lowest BCUT2D eigenvalue weighted by molar-refractivity contribution is 0.323. The van der Waals surface area contributed by atoms with Gasteiger partial charge in [-0.05, 0) is 44.7 Å². The summed E-state index contributed by atoms with van der Waals surface area (Å²) >= 11 is 4.06. The van der Waals surface area contributed by atoms with Crippen LogP contribution >= 0.6 is 23.5 Å². The molecule has 2 aliphatic rings. The van der Waals surface area contributed by atoms with Crippen molar-refractivity contribution in [2.75, 3.05) is 24.6 Å². The van der Waals surface area contributed by atoms with Crippen LogP contribution in [0.15, 0.2) is 4.52 Å². The Morgan fingerprint density at radius 2 is 2.05 bits per heavy atom. The molecule has 1 aromatic heterocycles. The summed E-state index contributed by atoms with van der Waals surface area (Å²) in [5.41, 5.74) is 0. The first-order valence-corrected chi connectivity index (χ1v) is 10.2. The molecule has 0 amide bonds. The summed E-state index contributed by atoms with van der Waals surface area (Å²) in [6.45, 7) is 4.58. The van der Waals surface area contributed by atoms with Crippen LogP contribution in [0.2, 0.25) is 0 Å². The molecule has 118 valence electrons. The van der Waals surface area contributed by atoms with Crippen LogP contribution in [0.3, 0.4) is 0 Å². The molecule has 0 saturated carbocycles. The van der Waals surface area contributed by atoms with Crippen molar-refractivity contribution in [3.8, 4) is 0 Å². The van der Waals surface area contributed by atoms with Crippen LogP contribution in [0, 0.1) is 5.92 Å². The second-order valence-electron chi connectivity index (χ2n) is 5.89. The Kier molecular flexibility index (Phi) is 5.89. The zero-order valence-electron chi connectivity index (χ0n) is 12.7. The van der Waals surface area contributed by atoms with Crippen molar-refractivity contribution < 1.29 is 4.52 Å². The van der Waals surface area contributed by atoms with E-state index >= 15 is 0 Å². The molecule has 3 heterocycles. The molecule has 2 fully saturated rings. The van der Waals surface area contributed by atoms with Crippen molar-refractivity contribution >= 4 is 23.5 Å². The average molecular weight is 328 g/mol. The van der Waals surface area contributed by atoms with Crippen LogP contribution in [0.25, 0.3) is 0 Å². The third kappa shape index (κ3) is 4.17. The molecule has 2 saturated heterocycles. The Bertz CT molecular complexity index is 434. The molecule has 0 aromatic carbocycles. The lowest BCUT2D eigenvalue weighted by atomic mass is 9.93. The van der Waals surface area contributed by atoms with E-state index in [-0.39, 0.29) is 0 Å². The van der Waals surface area contributed by atoms with Crippen molar-refractivity contribution in [3.63, 3.8) is 0 Å². The largest absolute Gasteiger partial charge is 0.339 e. The van der Waals surface area contributed by atoms with Crippen molar-refractivity contribution in [1.82, 2.24) is 15.5 Å². The standard InChI is InChI=1S/C15H25N3OS2/c1-2-12-14(21-10-9-20-12)15-17-13(19-18-15)4-3-11-5-7-16-8-6-11/h11-12,14,16H,2-10H2,1H3. The van der Waals surface area contributed by atoms with Gasteiger partial charge in [0.05, 0.1) is 5.25 Å². The number of piperidine rings is 1. The normalized spacial score (nSPS) is 27.9. The predicted molar refractivity (Wildman–Crippen MR) is 89.9 cm³/mol. The molecule has 21 heavy (non-hydrogen) atoms. The van der Waals surface area contributed by atoms with Crippen LogP contribution in [-0.2, 0) is 6.42 Å². The van der Waals surface area contributed by atoms with Gasteiger partial charge in [-0.3, -0.25) is 0 Å². The maximum Gasteiger partial charge on any atom is 0.226 e. The Morgan fingerprint density at radius 3 is 2.86 bits per heavy atom. The molecule has 6 heteroatoms. The first-order chi connectivity index (χ1) is 10.4. The lowest BCUT2D eigenvalue weighted by Gasteiger charge is -2.27. The number of thioether (sulfide) groups is 2. The molecule has 0 bridgehead atoms. The molecular weight excluding hydrogens is 302 g/mol. The van der Waals surface area contributed by atoms with Gasteiger partial charge in [0, 0.05) is 23.2 Å². The maximum absolute atomic E-state index is 5.50. The summed E-state index contributed by atoms with van der Waals surface area (Å²) in [5.74, 6) is 5.05. The summed E-state index contributed by atoms with van der Waals surface area (Å²) < 4.78 is 5.50. The number of nitrogens with zero attached hydrogens (tertiary/aromatic N) is 2. The number of aryl methyl sites for hydroxylation is 1. The Labute approximate surface area is 135 Å². The van der Waals surface area contributed by atoms with E-state index in [2.05, 4.69) is 34.1 Å². The first kappa shape index (κ1) is 15.7. The Balaban J connectivity index is 1.55. The highest BCUT2D eigenvalue weighted by atomic mass is 32.2. The molecule has 2 unspecified atom stereocenters. The number of hydrogen-bond donors (Lipinski definition) is 1. The van der Waals surface area contributed by atoms with Gasteiger partial charge in [0.25, 0.3) is 0 Å². The molecule has 4 nitrogen and oxygen atoms in total. The van der Waals surface area contributed by atoms with E-state index in [4.69, 9.17) is 4.52 Å². The second kappa shape index (κ2) is 7.88. The van der Waals surface area contributed by atoms with E-state index < -0.39 is 0 Å². The monoisotopic (exact) mass is 327 g/mol. The summed E-state index contributed by atoms with van der Waals surface area (Å²) in [5, 5.41) is 8.74. The first-order valence-electron chi connectivity index (χ1n) is 8.13. The molecule has 1 N–H and O–H groups in total. The van der Waals surface area contributed by atoms with Gasteiger partial charge in [0.1, 0.15) is 0 Å². The van der Waals surface area contributed by atoms with Gasteiger partial charge in [-0.25, -0.2) is 0 Å². The van der Waals surface area contributed by atoms with Crippen LogP contribution in [0.4, 0.5) is 0 Å². The third-order valence-electron chi connectivity index (χ3n) is 4.42. The van der Waals surface area contributed by atoms with Gasteiger partial charge < -0.3 is 9.84 Å².